The van der Waals surface area contributed by atoms with E-state index in [1.807, 2.05) is 18.2 Å². The topological polar surface area (TPSA) is 29.3 Å². The summed E-state index contributed by atoms with van der Waals surface area (Å²) in [4.78, 5) is 2.25. The van der Waals surface area contributed by atoms with Crippen molar-refractivity contribution in [2.45, 2.75) is 12.8 Å². The highest BCUT2D eigenvalue weighted by molar-refractivity contribution is 5.80. The monoisotopic (exact) mass is 276 g/mol. The Hall–Kier alpha value is -2.48. The number of anilines is 2. The van der Waals surface area contributed by atoms with Crippen molar-refractivity contribution in [3.05, 3.63) is 78.0 Å². The van der Waals surface area contributed by atoms with Crippen molar-refractivity contribution < 1.29 is 0 Å². The van der Waals surface area contributed by atoms with Gasteiger partial charge in [-0.1, -0.05) is 48.6 Å². The highest BCUT2D eigenvalue weighted by atomic mass is 15.1. The lowest BCUT2D eigenvalue weighted by atomic mass is 9.95. The standard InChI is InChI=1S/C19H20N2/c1-21(17-11-7-10-16(20)14-17)19-13-6-5-12-18(19)15-8-3-2-4-9-15/h2-5,7-12,14H,6,13,20H2,1H3. The normalized spacial score (nSPS) is 14.3. The molecule has 2 aromatic carbocycles. The maximum atomic E-state index is 5.91. The second-order valence-corrected chi connectivity index (χ2v) is 5.32. The van der Waals surface area contributed by atoms with E-state index in [-0.39, 0.29) is 0 Å². The van der Waals surface area contributed by atoms with Crippen LogP contribution in [0.5, 0.6) is 0 Å². The van der Waals surface area contributed by atoms with E-state index in [9.17, 15) is 0 Å². The predicted octanol–water partition coefficient (Wildman–Crippen LogP) is 4.47. The maximum absolute atomic E-state index is 5.91. The smallest absolute Gasteiger partial charge is 0.0426 e. The molecule has 3 rings (SSSR count). The molecule has 0 fully saturated rings. The summed E-state index contributed by atoms with van der Waals surface area (Å²) in [6.45, 7) is 0. The molecule has 0 bridgehead atoms. The van der Waals surface area contributed by atoms with Crippen molar-refractivity contribution in [2.75, 3.05) is 17.7 Å². The summed E-state index contributed by atoms with van der Waals surface area (Å²) in [6.07, 6.45) is 6.61. The lowest BCUT2D eigenvalue weighted by molar-refractivity contribution is 0.902. The molecule has 0 saturated heterocycles. The summed E-state index contributed by atoms with van der Waals surface area (Å²) in [5.41, 5.74) is 11.7. The molecule has 2 aromatic rings. The summed E-state index contributed by atoms with van der Waals surface area (Å²) in [5, 5.41) is 0. The van der Waals surface area contributed by atoms with Gasteiger partial charge >= 0.3 is 0 Å². The molecule has 1 aliphatic carbocycles. The van der Waals surface area contributed by atoms with E-state index < -0.39 is 0 Å². The van der Waals surface area contributed by atoms with Gasteiger partial charge in [-0.25, -0.2) is 0 Å². The van der Waals surface area contributed by atoms with Crippen LogP contribution in [0.4, 0.5) is 11.4 Å². The molecule has 0 atom stereocenters. The van der Waals surface area contributed by atoms with Crippen molar-refractivity contribution in [3.8, 4) is 0 Å². The van der Waals surface area contributed by atoms with Crippen LogP contribution in [0.15, 0.2) is 72.4 Å². The molecule has 0 aliphatic heterocycles. The number of allylic oxidation sites excluding steroid dienone is 4. The Balaban J connectivity index is 2.04. The number of hydrogen-bond acceptors (Lipinski definition) is 2. The molecule has 0 saturated carbocycles. The van der Waals surface area contributed by atoms with Crippen LogP contribution in [0.2, 0.25) is 0 Å². The Morgan fingerprint density at radius 1 is 1.00 bits per heavy atom. The Labute approximate surface area is 126 Å². The van der Waals surface area contributed by atoms with E-state index in [1.54, 1.807) is 0 Å². The zero-order valence-electron chi connectivity index (χ0n) is 12.3. The SMILES string of the molecule is CN(C1=C(c2ccccc2)C=CCC1)c1cccc(N)c1. The largest absolute Gasteiger partial charge is 0.399 e. The first kappa shape index (κ1) is 13.5. The van der Waals surface area contributed by atoms with Crippen molar-refractivity contribution >= 4 is 16.9 Å². The van der Waals surface area contributed by atoms with Gasteiger partial charge in [0.2, 0.25) is 0 Å². The van der Waals surface area contributed by atoms with Crippen LogP contribution >= 0.6 is 0 Å². The highest BCUT2D eigenvalue weighted by Crippen LogP contribution is 2.32. The zero-order chi connectivity index (χ0) is 14.7. The third kappa shape index (κ3) is 2.84. The zero-order valence-corrected chi connectivity index (χ0v) is 12.3. The number of nitrogens with two attached hydrogens (primary N) is 1. The number of nitrogens with zero attached hydrogens (tertiary/aromatic N) is 1. The fraction of sp³-hybridized carbons (Fsp3) is 0.158. The average molecular weight is 276 g/mol. The van der Waals surface area contributed by atoms with Gasteiger partial charge in [0.05, 0.1) is 0 Å². The van der Waals surface area contributed by atoms with Crippen molar-refractivity contribution in [1.82, 2.24) is 0 Å². The fourth-order valence-electron chi connectivity index (χ4n) is 2.77. The van der Waals surface area contributed by atoms with E-state index in [1.165, 1.54) is 16.8 Å². The lowest BCUT2D eigenvalue weighted by Crippen LogP contribution is -2.19. The molecule has 2 N–H and O–H groups in total. The van der Waals surface area contributed by atoms with Crippen LogP contribution in [-0.4, -0.2) is 7.05 Å². The van der Waals surface area contributed by atoms with E-state index in [0.717, 1.165) is 24.2 Å². The summed E-state index contributed by atoms with van der Waals surface area (Å²) >= 11 is 0. The summed E-state index contributed by atoms with van der Waals surface area (Å²) in [6, 6.07) is 18.6. The number of nitrogen functional groups attached to an aromatic ring is 1. The fourth-order valence-corrected chi connectivity index (χ4v) is 2.77. The first-order valence-electron chi connectivity index (χ1n) is 7.30. The molecule has 0 unspecified atom stereocenters. The molecule has 0 heterocycles. The predicted molar refractivity (Wildman–Crippen MR) is 91.0 cm³/mol. The molecule has 0 spiro atoms. The molecule has 0 radical (unpaired) electrons. The van der Waals surface area contributed by atoms with Crippen LogP contribution in [0.25, 0.3) is 5.57 Å². The van der Waals surface area contributed by atoms with Gasteiger partial charge in [-0.3, -0.25) is 0 Å². The Kier molecular flexibility index (Phi) is 3.78. The number of rotatable bonds is 3. The molecule has 2 nitrogen and oxygen atoms in total. The second-order valence-electron chi connectivity index (χ2n) is 5.32. The Morgan fingerprint density at radius 2 is 1.81 bits per heavy atom. The Morgan fingerprint density at radius 3 is 2.57 bits per heavy atom. The van der Waals surface area contributed by atoms with Gasteiger partial charge < -0.3 is 10.6 Å². The molecule has 0 amide bonds. The van der Waals surface area contributed by atoms with Gasteiger partial charge in [-0.15, -0.1) is 0 Å². The highest BCUT2D eigenvalue weighted by Gasteiger charge is 2.15. The molecule has 106 valence electrons. The minimum Gasteiger partial charge on any atom is -0.399 e. The summed E-state index contributed by atoms with van der Waals surface area (Å²) in [7, 11) is 2.12. The molecule has 1 aliphatic rings. The number of benzene rings is 2. The summed E-state index contributed by atoms with van der Waals surface area (Å²) < 4.78 is 0. The van der Waals surface area contributed by atoms with Crippen LogP contribution in [-0.2, 0) is 0 Å². The first-order chi connectivity index (χ1) is 10.3. The van der Waals surface area contributed by atoms with Crippen LogP contribution in [0.3, 0.4) is 0 Å². The van der Waals surface area contributed by atoms with E-state index in [4.69, 9.17) is 5.73 Å². The van der Waals surface area contributed by atoms with Crippen LogP contribution < -0.4 is 10.6 Å². The van der Waals surface area contributed by atoms with Gasteiger partial charge in [-0.2, -0.15) is 0 Å². The average Bonchev–Trinajstić information content (AvgIpc) is 2.55. The van der Waals surface area contributed by atoms with Crippen molar-refractivity contribution in [3.63, 3.8) is 0 Å². The third-order valence-electron chi connectivity index (χ3n) is 3.89. The summed E-state index contributed by atoms with van der Waals surface area (Å²) in [5.74, 6) is 0. The van der Waals surface area contributed by atoms with E-state index in [0.29, 0.717) is 0 Å². The minimum absolute atomic E-state index is 0.799. The van der Waals surface area contributed by atoms with Gasteiger partial charge in [0.15, 0.2) is 0 Å². The Bertz CT molecular complexity index is 684. The lowest BCUT2D eigenvalue weighted by Gasteiger charge is -2.27. The number of hydrogen-bond donors (Lipinski definition) is 1. The molecular weight excluding hydrogens is 256 g/mol. The van der Waals surface area contributed by atoms with Gasteiger partial charge in [0.25, 0.3) is 0 Å². The van der Waals surface area contributed by atoms with Gasteiger partial charge in [0.1, 0.15) is 0 Å². The van der Waals surface area contributed by atoms with Crippen LogP contribution in [0.1, 0.15) is 18.4 Å². The minimum atomic E-state index is 0.799. The van der Waals surface area contributed by atoms with Gasteiger partial charge in [-0.05, 0) is 36.6 Å². The second kappa shape index (κ2) is 5.88. The van der Waals surface area contributed by atoms with E-state index in [2.05, 4.69) is 60.5 Å². The third-order valence-corrected chi connectivity index (χ3v) is 3.89. The quantitative estimate of drug-likeness (QED) is 0.838. The van der Waals surface area contributed by atoms with E-state index >= 15 is 0 Å². The van der Waals surface area contributed by atoms with Crippen molar-refractivity contribution in [2.24, 2.45) is 0 Å². The molecule has 0 aromatic heterocycles. The first-order valence-corrected chi connectivity index (χ1v) is 7.30. The van der Waals surface area contributed by atoms with Gasteiger partial charge in [0, 0.05) is 29.7 Å². The molecule has 21 heavy (non-hydrogen) atoms. The van der Waals surface area contributed by atoms with Crippen LogP contribution in [0, 0.1) is 0 Å². The molecular formula is C19H20N2. The van der Waals surface area contributed by atoms with Crippen molar-refractivity contribution in [1.29, 1.82) is 0 Å². The maximum Gasteiger partial charge on any atom is 0.0426 e. The molecule has 2 heteroatoms.